The largest absolute Gasteiger partial charge is 0.434 e. The molecule has 0 saturated carbocycles. The summed E-state index contributed by atoms with van der Waals surface area (Å²) in [5, 5.41) is 5.68. The lowest BCUT2D eigenvalue weighted by Crippen LogP contribution is -2.29. The van der Waals surface area contributed by atoms with Crippen LogP contribution in [0, 0.1) is 0 Å². The second kappa shape index (κ2) is 1.95. The smallest absolute Gasteiger partial charge is 0.390 e. The monoisotopic (exact) mass is 143 g/mol. The average molecular weight is 143 g/mol. The second-order valence-electron chi connectivity index (χ2n) is 2.64. The second-order valence-corrected chi connectivity index (χ2v) is 2.64. The van der Waals surface area contributed by atoms with Crippen LogP contribution < -0.4 is 11.5 Å². The summed E-state index contributed by atoms with van der Waals surface area (Å²) in [7, 11) is 0. The Kier molecular flexibility index (Phi) is 1.37. The van der Waals surface area contributed by atoms with Crippen LogP contribution in [-0.4, -0.2) is 10.2 Å². The lowest BCUT2D eigenvalue weighted by molar-refractivity contribution is 0.363. The van der Waals surface area contributed by atoms with Gasteiger partial charge in [-0.3, -0.25) is 0 Å². The Morgan fingerprint density at radius 1 is 1.70 bits per heavy atom. The normalized spacial score (nSPS) is 11.9. The maximum Gasteiger partial charge on any atom is 0.434 e. The van der Waals surface area contributed by atoms with Gasteiger partial charge in [-0.05, 0) is 13.8 Å². The van der Waals surface area contributed by atoms with Crippen molar-refractivity contribution in [2.45, 2.75) is 19.4 Å². The number of nitrogens with two attached hydrogens (primary N) is 1. The third kappa shape index (κ3) is 1.24. The summed E-state index contributed by atoms with van der Waals surface area (Å²) in [5.41, 5.74) is 4.86. The molecule has 0 aliphatic heterocycles. The molecule has 1 aromatic heterocycles. The standard InChI is InChI=1S/C5H9N3O2/c1-5(2,6)3-7-8-4(9)10-3/h6H2,1-2H3,(H,8,9). The number of H-pyrrole nitrogens is 1. The van der Waals surface area contributed by atoms with Gasteiger partial charge < -0.3 is 10.2 Å². The molecule has 0 bridgehead atoms. The molecule has 56 valence electrons. The van der Waals surface area contributed by atoms with E-state index >= 15 is 0 Å². The molecule has 0 radical (unpaired) electrons. The lowest BCUT2D eigenvalue weighted by Gasteiger charge is -2.10. The fraction of sp³-hybridized carbons (Fsp3) is 0.600. The molecule has 0 aromatic carbocycles. The summed E-state index contributed by atoms with van der Waals surface area (Å²) in [6.45, 7) is 3.40. The third-order valence-corrected chi connectivity index (χ3v) is 0.989. The van der Waals surface area contributed by atoms with Crippen molar-refractivity contribution in [1.82, 2.24) is 10.2 Å². The van der Waals surface area contributed by atoms with E-state index in [4.69, 9.17) is 5.73 Å². The Labute approximate surface area is 57.2 Å². The molecule has 0 amide bonds. The van der Waals surface area contributed by atoms with Crippen LogP contribution in [0.1, 0.15) is 19.7 Å². The Morgan fingerprint density at radius 2 is 2.30 bits per heavy atom. The molecule has 0 atom stereocenters. The zero-order valence-electron chi connectivity index (χ0n) is 5.84. The first-order valence-corrected chi connectivity index (χ1v) is 2.85. The number of aromatic amines is 1. The summed E-state index contributed by atoms with van der Waals surface area (Å²) >= 11 is 0. The van der Waals surface area contributed by atoms with E-state index in [0.717, 1.165) is 0 Å². The van der Waals surface area contributed by atoms with Crippen molar-refractivity contribution in [2.75, 3.05) is 0 Å². The summed E-state index contributed by atoms with van der Waals surface area (Å²) in [5.74, 6) is -0.356. The highest BCUT2D eigenvalue weighted by molar-refractivity contribution is 4.91. The van der Waals surface area contributed by atoms with E-state index in [1.165, 1.54) is 0 Å². The van der Waals surface area contributed by atoms with Gasteiger partial charge in [0, 0.05) is 0 Å². The molecule has 0 spiro atoms. The highest BCUT2D eigenvalue weighted by atomic mass is 16.4. The minimum Gasteiger partial charge on any atom is -0.390 e. The number of hydrogen-bond acceptors (Lipinski definition) is 4. The molecule has 1 heterocycles. The van der Waals surface area contributed by atoms with Crippen molar-refractivity contribution < 1.29 is 4.42 Å². The summed E-state index contributed by atoms with van der Waals surface area (Å²) in [6.07, 6.45) is 0. The highest BCUT2D eigenvalue weighted by Gasteiger charge is 2.20. The molecule has 1 rings (SSSR count). The summed E-state index contributed by atoms with van der Waals surface area (Å²) in [6, 6.07) is 0. The zero-order valence-corrected chi connectivity index (χ0v) is 5.84. The first-order valence-electron chi connectivity index (χ1n) is 2.85. The molecule has 5 nitrogen and oxygen atoms in total. The van der Waals surface area contributed by atoms with Crippen LogP contribution >= 0.6 is 0 Å². The number of nitrogens with zero attached hydrogens (tertiary/aromatic N) is 1. The summed E-state index contributed by atoms with van der Waals surface area (Å²) < 4.78 is 4.60. The van der Waals surface area contributed by atoms with Crippen LogP contribution in [0.15, 0.2) is 9.21 Å². The van der Waals surface area contributed by atoms with Gasteiger partial charge in [0.25, 0.3) is 0 Å². The van der Waals surface area contributed by atoms with Gasteiger partial charge in [-0.1, -0.05) is 0 Å². The molecular weight excluding hydrogens is 134 g/mol. The number of hydrogen-bond donors (Lipinski definition) is 2. The fourth-order valence-electron chi connectivity index (χ4n) is 0.505. The Hall–Kier alpha value is -1.10. The Morgan fingerprint density at radius 3 is 2.50 bits per heavy atom. The van der Waals surface area contributed by atoms with Crippen LogP contribution in [-0.2, 0) is 5.54 Å². The lowest BCUT2D eigenvalue weighted by atomic mass is 10.1. The zero-order chi connectivity index (χ0) is 7.78. The van der Waals surface area contributed by atoms with Crippen LogP contribution in [0.4, 0.5) is 0 Å². The third-order valence-electron chi connectivity index (χ3n) is 0.989. The van der Waals surface area contributed by atoms with Crippen molar-refractivity contribution in [3.8, 4) is 0 Å². The van der Waals surface area contributed by atoms with Crippen LogP contribution in [0.25, 0.3) is 0 Å². The SMILES string of the molecule is CC(C)(N)c1n[nH]c(=O)o1. The van der Waals surface area contributed by atoms with Gasteiger partial charge >= 0.3 is 5.76 Å². The van der Waals surface area contributed by atoms with Gasteiger partial charge in [0.2, 0.25) is 5.89 Å². The average Bonchev–Trinajstić information content (AvgIpc) is 2.11. The van der Waals surface area contributed by atoms with Crippen LogP contribution in [0.5, 0.6) is 0 Å². The van der Waals surface area contributed by atoms with Crippen LogP contribution in [0.2, 0.25) is 0 Å². The predicted octanol–water partition coefficient (Wildman–Crippen LogP) is -0.443. The summed E-state index contributed by atoms with van der Waals surface area (Å²) in [4.78, 5) is 10.4. The van der Waals surface area contributed by atoms with Crippen molar-refractivity contribution >= 4 is 0 Å². The minimum atomic E-state index is -0.695. The van der Waals surface area contributed by atoms with E-state index in [2.05, 4.69) is 14.6 Å². The maximum absolute atomic E-state index is 10.4. The van der Waals surface area contributed by atoms with E-state index in [1.807, 2.05) is 0 Å². The molecule has 0 saturated heterocycles. The number of nitrogens with one attached hydrogen (secondary N) is 1. The molecular formula is C5H9N3O2. The number of rotatable bonds is 1. The topological polar surface area (TPSA) is 84.9 Å². The Balaban J connectivity index is 3.07. The number of aromatic nitrogens is 2. The van der Waals surface area contributed by atoms with Crippen molar-refractivity contribution in [2.24, 2.45) is 5.73 Å². The van der Waals surface area contributed by atoms with Crippen molar-refractivity contribution in [3.05, 3.63) is 16.4 Å². The quantitative estimate of drug-likeness (QED) is 0.558. The first kappa shape index (κ1) is 7.01. The van der Waals surface area contributed by atoms with E-state index in [0.29, 0.717) is 0 Å². The van der Waals surface area contributed by atoms with E-state index in [-0.39, 0.29) is 5.89 Å². The molecule has 5 heteroatoms. The molecule has 0 aliphatic rings. The fourth-order valence-corrected chi connectivity index (χ4v) is 0.505. The van der Waals surface area contributed by atoms with Crippen LogP contribution in [0.3, 0.4) is 0 Å². The predicted molar refractivity (Wildman–Crippen MR) is 34.3 cm³/mol. The first-order chi connectivity index (χ1) is 4.50. The van der Waals surface area contributed by atoms with Gasteiger partial charge in [-0.25, -0.2) is 9.89 Å². The van der Waals surface area contributed by atoms with E-state index in [1.54, 1.807) is 13.8 Å². The van der Waals surface area contributed by atoms with Gasteiger partial charge in [0.15, 0.2) is 0 Å². The highest BCUT2D eigenvalue weighted by Crippen LogP contribution is 2.09. The molecule has 0 fully saturated rings. The molecule has 0 unspecified atom stereocenters. The molecule has 1 aromatic rings. The van der Waals surface area contributed by atoms with E-state index < -0.39 is 11.3 Å². The van der Waals surface area contributed by atoms with E-state index in [9.17, 15) is 4.79 Å². The Bertz CT molecular complexity index is 267. The molecule has 0 aliphatic carbocycles. The van der Waals surface area contributed by atoms with Gasteiger partial charge in [0.05, 0.1) is 5.54 Å². The van der Waals surface area contributed by atoms with Crippen molar-refractivity contribution in [1.29, 1.82) is 0 Å². The van der Waals surface area contributed by atoms with Gasteiger partial charge in [-0.15, -0.1) is 5.10 Å². The van der Waals surface area contributed by atoms with Gasteiger partial charge in [0.1, 0.15) is 0 Å². The van der Waals surface area contributed by atoms with Gasteiger partial charge in [-0.2, -0.15) is 0 Å². The minimum absolute atomic E-state index is 0.220. The molecule has 3 N–H and O–H groups in total. The maximum atomic E-state index is 10.4. The van der Waals surface area contributed by atoms with Crippen molar-refractivity contribution in [3.63, 3.8) is 0 Å². The molecule has 10 heavy (non-hydrogen) atoms.